The number of hydrogen-bond acceptors (Lipinski definition) is 2. The summed E-state index contributed by atoms with van der Waals surface area (Å²) in [4.78, 5) is 11.9. The maximum Gasteiger partial charge on any atom is 0.290 e. The second-order valence-corrected chi connectivity index (χ2v) is 4.22. The Kier molecular flexibility index (Phi) is 2.59. The van der Waals surface area contributed by atoms with Gasteiger partial charge in [-0.25, -0.2) is 4.68 Å². The first kappa shape index (κ1) is 10.3. The fraction of sp³-hybridized carbons (Fsp3) is 0.727. The molecular weight excluding hydrogens is 190 g/mol. The third-order valence-corrected chi connectivity index (χ3v) is 3.01. The molecule has 1 saturated carbocycles. The van der Waals surface area contributed by atoms with E-state index in [4.69, 9.17) is 5.73 Å². The molecule has 0 atom stereocenters. The molecule has 1 aromatic rings. The molecule has 2 rings (SSSR count). The largest absolute Gasteiger partial charge is 0.393 e. The lowest BCUT2D eigenvalue weighted by molar-refractivity contribution is 0.441. The minimum absolute atomic E-state index is 0.00662. The van der Waals surface area contributed by atoms with Crippen LogP contribution in [0.15, 0.2) is 4.79 Å². The molecule has 0 aliphatic heterocycles. The highest BCUT2D eigenvalue weighted by Crippen LogP contribution is 2.42. The van der Waals surface area contributed by atoms with Crippen LogP contribution < -0.4 is 11.3 Å². The first-order chi connectivity index (χ1) is 7.20. The molecule has 0 aromatic carbocycles. The van der Waals surface area contributed by atoms with Crippen LogP contribution in [0, 0.1) is 0 Å². The van der Waals surface area contributed by atoms with Crippen molar-refractivity contribution in [2.45, 2.75) is 52.1 Å². The number of hydrogen-bond donors (Lipinski definition) is 1. The smallest absolute Gasteiger partial charge is 0.290 e. The molecule has 1 heterocycles. The Morgan fingerprint density at radius 1 is 1.33 bits per heavy atom. The predicted molar refractivity (Wildman–Crippen MR) is 61.0 cm³/mol. The lowest BCUT2D eigenvalue weighted by Crippen LogP contribution is -2.23. The van der Waals surface area contributed by atoms with E-state index in [-0.39, 0.29) is 5.56 Å². The molecule has 0 amide bonds. The molecule has 0 spiro atoms. The van der Waals surface area contributed by atoms with Gasteiger partial charge in [0.15, 0.2) is 0 Å². The zero-order valence-electron chi connectivity index (χ0n) is 9.49. The highest BCUT2D eigenvalue weighted by atomic mass is 16.1. The van der Waals surface area contributed by atoms with Crippen LogP contribution in [-0.4, -0.2) is 9.36 Å². The molecule has 1 aliphatic rings. The molecular formula is C11H19N3O. The van der Waals surface area contributed by atoms with Crippen LogP contribution in [0.5, 0.6) is 0 Å². The summed E-state index contributed by atoms with van der Waals surface area (Å²) >= 11 is 0. The van der Waals surface area contributed by atoms with Crippen molar-refractivity contribution in [2.75, 3.05) is 5.73 Å². The second kappa shape index (κ2) is 3.76. The molecule has 1 aliphatic carbocycles. The van der Waals surface area contributed by atoms with Crippen LogP contribution in [0.2, 0.25) is 0 Å². The van der Waals surface area contributed by atoms with E-state index in [1.807, 2.05) is 6.92 Å². The Labute approximate surface area is 89.7 Å². The predicted octanol–water partition coefficient (Wildman–Crippen LogP) is 1.54. The van der Waals surface area contributed by atoms with Gasteiger partial charge in [-0.15, -0.1) is 0 Å². The number of nitrogens with zero attached hydrogens (tertiary/aromatic N) is 2. The Morgan fingerprint density at radius 2 is 2.00 bits per heavy atom. The minimum atomic E-state index is -0.00662. The van der Waals surface area contributed by atoms with Crippen molar-refractivity contribution >= 4 is 5.69 Å². The minimum Gasteiger partial charge on any atom is -0.393 e. The Hall–Kier alpha value is -1.19. The second-order valence-electron chi connectivity index (χ2n) is 4.22. The molecule has 4 nitrogen and oxygen atoms in total. The van der Waals surface area contributed by atoms with Gasteiger partial charge >= 0.3 is 0 Å². The third-order valence-electron chi connectivity index (χ3n) is 3.01. The highest BCUT2D eigenvalue weighted by Gasteiger charge is 2.31. The zero-order valence-corrected chi connectivity index (χ0v) is 9.49. The van der Waals surface area contributed by atoms with Crippen LogP contribution in [-0.2, 0) is 13.1 Å². The summed E-state index contributed by atoms with van der Waals surface area (Å²) in [5, 5.41) is 0. The van der Waals surface area contributed by atoms with Crippen molar-refractivity contribution in [3.8, 4) is 0 Å². The maximum atomic E-state index is 11.9. The van der Waals surface area contributed by atoms with Crippen molar-refractivity contribution in [2.24, 2.45) is 0 Å². The van der Waals surface area contributed by atoms with Crippen LogP contribution in [0.1, 0.15) is 44.7 Å². The van der Waals surface area contributed by atoms with E-state index in [0.29, 0.717) is 18.2 Å². The lowest BCUT2D eigenvalue weighted by atomic mass is 10.2. The van der Waals surface area contributed by atoms with Gasteiger partial charge in [-0.2, -0.15) is 0 Å². The average molecular weight is 209 g/mol. The summed E-state index contributed by atoms with van der Waals surface area (Å²) in [5.74, 6) is 0.539. The van der Waals surface area contributed by atoms with E-state index in [1.165, 1.54) is 12.8 Å². The highest BCUT2D eigenvalue weighted by molar-refractivity contribution is 5.45. The Morgan fingerprint density at radius 3 is 2.47 bits per heavy atom. The van der Waals surface area contributed by atoms with Gasteiger partial charge < -0.3 is 5.73 Å². The van der Waals surface area contributed by atoms with Crippen molar-refractivity contribution in [1.29, 1.82) is 0 Å². The van der Waals surface area contributed by atoms with Crippen LogP contribution in [0.25, 0.3) is 0 Å². The van der Waals surface area contributed by atoms with E-state index in [0.717, 1.165) is 18.7 Å². The van der Waals surface area contributed by atoms with Gasteiger partial charge in [0.25, 0.3) is 5.56 Å². The summed E-state index contributed by atoms with van der Waals surface area (Å²) in [6.07, 6.45) is 3.40. The Balaban J connectivity index is 2.54. The van der Waals surface area contributed by atoms with Gasteiger partial charge in [0.1, 0.15) is 5.69 Å². The fourth-order valence-corrected chi connectivity index (χ4v) is 2.18. The van der Waals surface area contributed by atoms with E-state index in [9.17, 15) is 4.79 Å². The normalized spacial score (nSPS) is 15.9. The molecule has 84 valence electrons. The first-order valence-corrected chi connectivity index (χ1v) is 5.79. The van der Waals surface area contributed by atoms with E-state index < -0.39 is 0 Å². The summed E-state index contributed by atoms with van der Waals surface area (Å²) < 4.78 is 3.86. The lowest BCUT2D eigenvalue weighted by Gasteiger charge is -2.12. The monoisotopic (exact) mass is 209 g/mol. The van der Waals surface area contributed by atoms with Gasteiger partial charge in [-0.3, -0.25) is 9.48 Å². The molecule has 0 unspecified atom stereocenters. The van der Waals surface area contributed by atoms with Gasteiger partial charge in [0, 0.05) is 19.0 Å². The molecule has 15 heavy (non-hydrogen) atoms. The topological polar surface area (TPSA) is 52.9 Å². The third kappa shape index (κ3) is 1.58. The molecule has 4 heteroatoms. The first-order valence-electron chi connectivity index (χ1n) is 5.79. The van der Waals surface area contributed by atoms with Gasteiger partial charge in [0.2, 0.25) is 0 Å². The number of nitrogen functional groups attached to an aromatic ring is 1. The van der Waals surface area contributed by atoms with Gasteiger partial charge in [0.05, 0.1) is 5.69 Å². The zero-order chi connectivity index (χ0) is 11.0. The van der Waals surface area contributed by atoms with Crippen molar-refractivity contribution in [1.82, 2.24) is 9.36 Å². The van der Waals surface area contributed by atoms with Crippen LogP contribution >= 0.6 is 0 Å². The number of aromatic nitrogens is 2. The van der Waals surface area contributed by atoms with Crippen molar-refractivity contribution in [3.05, 3.63) is 16.0 Å². The summed E-state index contributed by atoms with van der Waals surface area (Å²) in [6.45, 7) is 5.71. The van der Waals surface area contributed by atoms with E-state index in [1.54, 1.807) is 4.68 Å². The SMILES string of the molecule is CCCn1c(C2CC2)c(N)c(=O)n1CC. The van der Waals surface area contributed by atoms with E-state index >= 15 is 0 Å². The summed E-state index contributed by atoms with van der Waals surface area (Å²) in [7, 11) is 0. The van der Waals surface area contributed by atoms with Crippen molar-refractivity contribution < 1.29 is 0 Å². The average Bonchev–Trinajstić information content (AvgIpc) is 3.00. The maximum absolute atomic E-state index is 11.9. The van der Waals surface area contributed by atoms with Gasteiger partial charge in [-0.05, 0) is 26.2 Å². The molecule has 2 N–H and O–H groups in total. The van der Waals surface area contributed by atoms with Gasteiger partial charge in [-0.1, -0.05) is 6.92 Å². The number of anilines is 1. The Bertz CT molecular complexity index is 412. The van der Waals surface area contributed by atoms with Crippen LogP contribution in [0.3, 0.4) is 0 Å². The molecule has 1 aromatic heterocycles. The number of nitrogens with two attached hydrogens (primary N) is 1. The summed E-state index contributed by atoms with van der Waals surface area (Å²) in [6, 6.07) is 0. The standard InChI is InChI=1S/C11H19N3O/c1-3-7-14-10(8-5-6-8)9(12)11(15)13(14)4-2/h8H,3-7,12H2,1-2H3. The van der Waals surface area contributed by atoms with E-state index in [2.05, 4.69) is 11.6 Å². The fourth-order valence-electron chi connectivity index (χ4n) is 2.18. The van der Waals surface area contributed by atoms with Crippen LogP contribution in [0.4, 0.5) is 5.69 Å². The molecule has 0 bridgehead atoms. The quantitative estimate of drug-likeness (QED) is 0.817. The summed E-state index contributed by atoms with van der Waals surface area (Å²) in [5.41, 5.74) is 7.46. The molecule has 1 fully saturated rings. The molecule has 0 saturated heterocycles. The number of rotatable bonds is 4. The van der Waals surface area contributed by atoms with Crippen molar-refractivity contribution in [3.63, 3.8) is 0 Å². The molecule has 0 radical (unpaired) electrons.